The molecule has 1 aromatic carbocycles. The standard InChI is InChI=1S/C16H22N4O6S/c1-11-3-4-13(20(23)24)9-14(11)19(27(2,25)26)10-15(21)18-7-5-12(6-8-18)16(17)22/h3-4,9,12H,5-8,10H2,1-2H3,(H2,17,22). The molecular formula is C16H22N4O6S. The molecule has 1 aliphatic rings. The van der Waals surface area contributed by atoms with Gasteiger partial charge >= 0.3 is 0 Å². The Balaban J connectivity index is 2.24. The monoisotopic (exact) mass is 398 g/mol. The van der Waals surface area contributed by atoms with Crippen LogP contribution >= 0.6 is 0 Å². The maximum atomic E-state index is 12.6. The number of hydrogen-bond acceptors (Lipinski definition) is 6. The fourth-order valence-electron chi connectivity index (χ4n) is 3.00. The number of hydrogen-bond donors (Lipinski definition) is 1. The Morgan fingerprint density at radius 2 is 1.93 bits per heavy atom. The smallest absolute Gasteiger partial charge is 0.271 e. The molecule has 2 rings (SSSR count). The van der Waals surface area contributed by atoms with Crippen molar-refractivity contribution in [3.8, 4) is 0 Å². The molecule has 1 heterocycles. The highest BCUT2D eigenvalue weighted by Crippen LogP contribution is 2.28. The summed E-state index contributed by atoms with van der Waals surface area (Å²) in [5, 5.41) is 11.0. The van der Waals surface area contributed by atoms with Crippen LogP contribution in [0.15, 0.2) is 18.2 Å². The van der Waals surface area contributed by atoms with Crippen LogP contribution in [0.5, 0.6) is 0 Å². The minimum Gasteiger partial charge on any atom is -0.369 e. The van der Waals surface area contributed by atoms with Crippen molar-refractivity contribution in [2.75, 3.05) is 30.2 Å². The van der Waals surface area contributed by atoms with Crippen molar-refractivity contribution in [3.05, 3.63) is 33.9 Å². The number of nitro benzene ring substituents is 1. The number of piperidine rings is 1. The maximum Gasteiger partial charge on any atom is 0.271 e. The number of nitro groups is 1. The largest absolute Gasteiger partial charge is 0.369 e. The highest BCUT2D eigenvalue weighted by Gasteiger charge is 2.30. The summed E-state index contributed by atoms with van der Waals surface area (Å²) in [6.45, 7) is 1.75. The number of likely N-dealkylation sites (tertiary alicyclic amines) is 1. The number of sulfonamides is 1. The second-order valence-electron chi connectivity index (χ2n) is 6.55. The lowest BCUT2D eigenvalue weighted by atomic mass is 9.96. The summed E-state index contributed by atoms with van der Waals surface area (Å²) in [6.07, 6.45) is 1.80. The molecule has 1 fully saturated rings. The average molecular weight is 398 g/mol. The Morgan fingerprint density at radius 1 is 1.33 bits per heavy atom. The van der Waals surface area contributed by atoms with Crippen LogP contribution in [0.25, 0.3) is 0 Å². The van der Waals surface area contributed by atoms with Crippen molar-refractivity contribution in [1.82, 2.24) is 4.90 Å². The molecule has 0 atom stereocenters. The molecule has 0 unspecified atom stereocenters. The van der Waals surface area contributed by atoms with Crippen LogP contribution in [0.3, 0.4) is 0 Å². The fourth-order valence-corrected chi connectivity index (χ4v) is 3.90. The number of nitrogens with zero attached hydrogens (tertiary/aromatic N) is 3. The van der Waals surface area contributed by atoms with E-state index in [0.717, 1.165) is 16.6 Å². The first-order valence-electron chi connectivity index (χ1n) is 8.30. The lowest BCUT2D eigenvalue weighted by Gasteiger charge is -2.32. The number of rotatable bonds is 6. The second-order valence-corrected chi connectivity index (χ2v) is 8.46. The number of carbonyl (C=O) groups excluding carboxylic acids is 2. The van der Waals surface area contributed by atoms with E-state index in [9.17, 15) is 28.1 Å². The van der Waals surface area contributed by atoms with Gasteiger partial charge in [-0.15, -0.1) is 0 Å². The van der Waals surface area contributed by atoms with Crippen molar-refractivity contribution >= 4 is 33.2 Å². The van der Waals surface area contributed by atoms with Crippen molar-refractivity contribution in [2.24, 2.45) is 11.7 Å². The third-order valence-electron chi connectivity index (χ3n) is 4.60. The Bertz CT molecular complexity index is 862. The fraction of sp³-hybridized carbons (Fsp3) is 0.500. The first kappa shape index (κ1) is 20.6. The van der Waals surface area contributed by atoms with Gasteiger partial charge in [0.2, 0.25) is 21.8 Å². The van der Waals surface area contributed by atoms with E-state index in [0.29, 0.717) is 31.5 Å². The predicted octanol–water partition coefficient (Wildman–Crippen LogP) is 0.393. The molecule has 0 saturated carbocycles. The number of amides is 2. The van der Waals surface area contributed by atoms with E-state index in [1.54, 1.807) is 6.92 Å². The third-order valence-corrected chi connectivity index (χ3v) is 5.73. The number of primary amides is 1. The van der Waals surface area contributed by atoms with Gasteiger partial charge in [0, 0.05) is 31.1 Å². The molecule has 1 aromatic rings. The van der Waals surface area contributed by atoms with Crippen LogP contribution in [0.4, 0.5) is 11.4 Å². The number of aryl methyl sites for hydroxylation is 1. The molecule has 27 heavy (non-hydrogen) atoms. The van der Waals surface area contributed by atoms with Crippen LogP contribution in [0, 0.1) is 23.0 Å². The summed E-state index contributed by atoms with van der Waals surface area (Å²) in [4.78, 5) is 35.7. The first-order valence-corrected chi connectivity index (χ1v) is 10.2. The van der Waals surface area contributed by atoms with Gasteiger partial charge in [-0.3, -0.25) is 24.0 Å². The van der Waals surface area contributed by atoms with Gasteiger partial charge in [0.05, 0.1) is 16.9 Å². The molecule has 2 N–H and O–H groups in total. The predicted molar refractivity (Wildman–Crippen MR) is 98.5 cm³/mol. The Morgan fingerprint density at radius 3 is 2.41 bits per heavy atom. The van der Waals surface area contributed by atoms with Gasteiger partial charge in [0.25, 0.3) is 5.69 Å². The van der Waals surface area contributed by atoms with Gasteiger partial charge in [-0.05, 0) is 25.3 Å². The molecule has 0 radical (unpaired) electrons. The van der Waals surface area contributed by atoms with Gasteiger partial charge in [-0.25, -0.2) is 8.42 Å². The summed E-state index contributed by atoms with van der Waals surface area (Å²) in [5.41, 5.74) is 5.59. The quantitative estimate of drug-likeness (QED) is 0.542. The summed E-state index contributed by atoms with van der Waals surface area (Å²) >= 11 is 0. The molecule has 11 heteroatoms. The van der Waals surface area contributed by atoms with Crippen LogP contribution in [-0.4, -0.2) is 55.9 Å². The normalized spacial score (nSPS) is 15.4. The highest BCUT2D eigenvalue weighted by molar-refractivity contribution is 7.92. The highest BCUT2D eigenvalue weighted by atomic mass is 32.2. The van der Waals surface area contributed by atoms with E-state index in [4.69, 9.17) is 5.73 Å². The number of anilines is 1. The SMILES string of the molecule is Cc1ccc([N+](=O)[O-])cc1N(CC(=O)N1CCC(C(N)=O)CC1)S(C)(=O)=O. The van der Waals surface area contributed by atoms with E-state index in [2.05, 4.69) is 0 Å². The van der Waals surface area contributed by atoms with Crippen LogP contribution in [0.1, 0.15) is 18.4 Å². The van der Waals surface area contributed by atoms with Gasteiger partial charge < -0.3 is 10.6 Å². The van der Waals surface area contributed by atoms with E-state index in [-0.39, 0.29) is 17.3 Å². The molecule has 1 aliphatic heterocycles. The van der Waals surface area contributed by atoms with Crippen molar-refractivity contribution < 1.29 is 22.9 Å². The van der Waals surface area contributed by atoms with Crippen LogP contribution in [-0.2, 0) is 19.6 Å². The van der Waals surface area contributed by atoms with Crippen molar-refractivity contribution in [3.63, 3.8) is 0 Å². The summed E-state index contributed by atoms with van der Waals surface area (Å²) in [7, 11) is -3.85. The summed E-state index contributed by atoms with van der Waals surface area (Å²) in [6, 6.07) is 3.85. The zero-order chi connectivity index (χ0) is 20.4. The molecule has 1 saturated heterocycles. The number of benzene rings is 1. The van der Waals surface area contributed by atoms with E-state index < -0.39 is 33.3 Å². The maximum absolute atomic E-state index is 12.6. The Hall–Kier alpha value is -2.69. The van der Waals surface area contributed by atoms with Crippen molar-refractivity contribution in [2.45, 2.75) is 19.8 Å². The minimum absolute atomic E-state index is 0.0899. The van der Waals surface area contributed by atoms with E-state index in [1.807, 2.05) is 0 Å². The first-order chi connectivity index (χ1) is 12.5. The van der Waals surface area contributed by atoms with Gasteiger partial charge in [0.15, 0.2) is 0 Å². The van der Waals surface area contributed by atoms with E-state index in [1.165, 1.54) is 17.0 Å². The lowest BCUT2D eigenvalue weighted by Crippen LogP contribution is -2.47. The average Bonchev–Trinajstić information content (AvgIpc) is 2.59. The number of nitrogens with two attached hydrogens (primary N) is 1. The van der Waals surface area contributed by atoms with Gasteiger partial charge in [-0.1, -0.05) is 6.07 Å². The zero-order valence-electron chi connectivity index (χ0n) is 15.1. The molecule has 0 spiro atoms. The number of carbonyl (C=O) groups is 2. The second kappa shape index (κ2) is 7.91. The van der Waals surface area contributed by atoms with Crippen molar-refractivity contribution in [1.29, 1.82) is 0 Å². The molecule has 10 nitrogen and oxygen atoms in total. The number of non-ortho nitro benzene ring substituents is 1. The van der Waals surface area contributed by atoms with Gasteiger partial charge in [-0.2, -0.15) is 0 Å². The summed E-state index contributed by atoms with van der Waals surface area (Å²) < 4.78 is 25.4. The van der Waals surface area contributed by atoms with E-state index >= 15 is 0 Å². The van der Waals surface area contributed by atoms with Crippen LogP contribution in [0.2, 0.25) is 0 Å². The van der Waals surface area contributed by atoms with Gasteiger partial charge in [0.1, 0.15) is 6.54 Å². The Kier molecular flexibility index (Phi) is 6.04. The lowest BCUT2D eigenvalue weighted by molar-refractivity contribution is -0.384. The molecule has 0 aliphatic carbocycles. The Labute approximate surface area is 157 Å². The van der Waals surface area contributed by atoms with Crippen LogP contribution < -0.4 is 10.0 Å². The minimum atomic E-state index is -3.85. The molecule has 0 bridgehead atoms. The summed E-state index contributed by atoms with van der Waals surface area (Å²) in [5.74, 6) is -1.14. The molecular weight excluding hydrogens is 376 g/mol. The molecule has 148 valence electrons. The zero-order valence-corrected chi connectivity index (χ0v) is 15.9. The third kappa shape index (κ3) is 4.94. The molecule has 0 aromatic heterocycles. The topological polar surface area (TPSA) is 144 Å². The molecule has 2 amide bonds.